The summed E-state index contributed by atoms with van der Waals surface area (Å²) < 4.78 is 32.5. The summed E-state index contributed by atoms with van der Waals surface area (Å²) in [7, 11) is -4.39. The van der Waals surface area contributed by atoms with Gasteiger partial charge >= 0.3 is 19.8 Å². The first kappa shape index (κ1) is 48.5. The maximum absolute atomic E-state index is 12.5. The molecule has 10 heteroatoms. The van der Waals surface area contributed by atoms with E-state index in [9.17, 15) is 19.0 Å². The SMILES string of the molecule is CC/C=C\C/C=C\C/C=C\C/C=C\C/C=C\C/C=C\CCC(=O)OC(COC(=O)CCCCCCCCCCCCC)COP(=O)(O)OCCN. The molecule has 9 nitrogen and oxygen atoms in total. The molecule has 0 aromatic rings. The smallest absolute Gasteiger partial charge is 0.462 e. The number of ether oxygens (including phenoxy) is 2. The van der Waals surface area contributed by atoms with Crippen LogP contribution in [0.3, 0.4) is 0 Å². The maximum atomic E-state index is 12.5. The number of nitrogens with two attached hydrogens (primary N) is 1. The summed E-state index contributed by atoms with van der Waals surface area (Å²) in [4.78, 5) is 34.7. The van der Waals surface area contributed by atoms with Gasteiger partial charge in [0.25, 0.3) is 0 Å². The Bertz CT molecular complexity index is 1070. The molecule has 0 aromatic carbocycles. The molecule has 0 bridgehead atoms. The van der Waals surface area contributed by atoms with Crippen molar-refractivity contribution >= 4 is 19.8 Å². The number of phosphoric ester groups is 1. The average molecular weight is 736 g/mol. The van der Waals surface area contributed by atoms with Crippen LogP contribution in [0.5, 0.6) is 0 Å². The molecule has 0 aliphatic heterocycles. The Kier molecular flexibility index (Phi) is 35.4. The molecule has 0 aromatic heterocycles. The van der Waals surface area contributed by atoms with Gasteiger partial charge in [0.1, 0.15) is 6.61 Å². The van der Waals surface area contributed by atoms with Gasteiger partial charge in [-0.1, -0.05) is 151 Å². The number of esters is 2. The third kappa shape index (κ3) is 37.0. The summed E-state index contributed by atoms with van der Waals surface area (Å²) in [5.74, 6) is -0.934. The second kappa shape index (κ2) is 37.2. The van der Waals surface area contributed by atoms with E-state index < -0.39 is 32.5 Å². The monoisotopic (exact) mass is 735 g/mol. The van der Waals surface area contributed by atoms with E-state index in [1.807, 2.05) is 12.2 Å². The molecular formula is C41H70NO8P. The second-order valence-corrected chi connectivity index (χ2v) is 13.9. The zero-order chi connectivity index (χ0) is 37.5. The fraction of sp³-hybridized carbons (Fsp3) is 0.659. The first-order valence-corrected chi connectivity index (χ1v) is 20.9. The Morgan fingerprint density at radius 2 is 1.08 bits per heavy atom. The van der Waals surface area contributed by atoms with E-state index in [4.69, 9.17) is 24.3 Å². The first-order valence-electron chi connectivity index (χ1n) is 19.4. The van der Waals surface area contributed by atoms with Crippen molar-refractivity contribution in [1.29, 1.82) is 0 Å². The number of phosphoric acid groups is 1. The van der Waals surface area contributed by atoms with E-state index in [2.05, 4.69) is 74.6 Å². The summed E-state index contributed by atoms with van der Waals surface area (Å²) in [6.07, 6.45) is 43.8. The van der Waals surface area contributed by atoms with E-state index in [1.165, 1.54) is 51.4 Å². The molecule has 0 aliphatic rings. The highest BCUT2D eigenvalue weighted by atomic mass is 31.2. The van der Waals surface area contributed by atoms with Crippen LogP contribution in [-0.2, 0) is 32.7 Å². The molecule has 0 aliphatic carbocycles. The van der Waals surface area contributed by atoms with Crippen LogP contribution in [0.2, 0.25) is 0 Å². The number of hydrogen-bond donors (Lipinski definition) is 2. The van der Waals surface area contributed by atoms with Crippen molar-refractivity contribution in [1.82, 2.24) is 0 Å². The second-order valence-electron chi connectivity index (χ2n) is 12.4. The molecule has 51 heavy (non-hydrogen) atoms. The predicted molar refractivity (Wildman–Crippen MR) is 210 cm³/mol. The minimum atomic E-state index is -4.39. The lowest BCUT2D eigenvalue weighted by atomic mass is 10.1. The maximum Gasteiger partial charge on any atom is 0.472 e. The Morgan fingerprint density at radius 1 is 0.608 bits per heavy atom. The molecule has 0 amide bonds. The van der Waals surface area contributed by atoms with Gasteiger partial charge in [-0.25, -0.2) is 4.57 Å². The molecule has 292 valence electrons. The van der Waals surface area contributed by atoms with E-state index in [1.54, 1.807) is 0 Å². The molecule has 2 unspecified atom stereocenters. The van der Waals surface area contributed by atoms with Crippen molar-refractivity contribution in [3.63, 3.8) is 0 Å². The van der Waals surface area contributed by atoms with Gasteiger partial charge in [0.05, 0.1) is 13.2 Å². The first-order chi connectivity index (χ1) is 24.8. The zero-order valence-electron chi connectivity index (χ0n) is 31.8. The molecular weight excluding hydrogens is 665 g/mol. The van der Waals surface area contributed by atoms with Crippen LogP contribution in [0.15, 0.2) is 72.9 Å². The van der Waals surface area contributed by atoms with Crippen LogP contribution in [-0.4, -0.2) is 49.3 Å². The summed E-state index contributed by atoms with van der Waals surface area (Å²) >= 11 is 0. The Hall–Kier alpha value is -2.55. The Morgan fingerprint density at radius 3 is 1.57 bits per heavy atom. The third-order valence-electron chi connectivity index (χ3n) is 7.62. The Labute approximate surface area is 310 Å². The van der Waals surface area contributed by atoms with Crippen molar-refractivity contribution in [2.24, 2.45) is 5.73 Å². The summed E-state index contributed by atoms with van der Waals surface area (Å²) in [5.41, 5.74) is 5.32. The van der Waals surface area contributed by atoms with Gasteiger partial charge in [-0.2, -0.15) is 0 Å². The van der Waals surface area contributed by atoms with Crippen LogP contribution in [0.25, 0.3) is 0 Å². The summed E-state index contributed by atoms with van der Waals surface area (Å²) in [6.45, 7) is 3.49. The minimum Gasteiger partial charge on any atom is -0.462 e. The van der Waals surface area contributed by atoms with Gasteiger partial charge in [-0.15, -0.1) is 0 Å². The molecule has 0 spiro atoms. The summed E-state index contributed by atoms with van der Waals surface area (Å²) in [6, 6.07) is 0. The molecule has 3 N–H and O–H groups in total. The molecule has 0 heterocycles. The number of carbonyl (C=O) groups excluding carboxylic acids is 2. The fourth-order valence-corrected chi connectivity index (χ4v) is 5.54. The van der Waals surface area contributed by atoms with Gasteiger partial charge in [-0.05, 0) is 51.4 Å². The van der Waals surface area contributed by atoms with E-state index in [0.717, 1.165) is 57.8 Å². The van der Waals surface area contributed by atoms with Gasteiger partial charge in [-0.3, -0.25) is 18.6 Å². The molecule has 0 saturated heterocycles. The van der Waals surface area contributed by atoms with Crippen molar-refractivity contribution in [2.45, 2.75) is 148 Å². The highest BCUT2D eigenvalue weighted by molar-refractivity contribution is 7.47. The number of carbonyl (C=O) groups is 2. The van der Waals surface area contributed by atoms with Gasteiger partial charge < -0.3 is 20.1 Å². The number of unbranched alkanes of at least 4 members (excludes halogenated alkanes) is 10. The van der Waals surface area contributed by atoms with Crippen molar-refractivity contribution in [3.05, 3.63) is 72.9 Å². The van der Waals surface area contributed by atoms with E-state index >= 15 is 0 Å². The van der Waals surface area contributed by atoms with Gasteiger partial charge in [0, 0.05) is 19.4 Å². The van der Waals surface area contributed by atoms with Crippen LogP contribution in [0.1, 0.15) is 142 Å². The highest BCUT2D eigenvalue weighted by Crippen LogP contribution is 2.43. The molecule has 0 fully saturated rings. The standard InChI is InChI=1S/C41H70NO8P/c1-3-5-7-9-11-13-15-16-17-18-19-20-21-22-24-26-28-30-32-34-41(44)50-39(38-49-51(45,46)48-36-35-42)37-47-40(43)33-31-29-27-25-23-14-12-10-8-6-4-2/h5,7,11,13,16-17,19-20,22,24,28,30,39H,3-4,6,8-10,12,14-15,18,21,23,25-27,29,31-38,42H2,1-2H3,(H,45,46)/b7-5-,13-11-,17-16-,20-19-,24-22-,30-28-. The van der Waals surface area contributed by atoms with E-state index in [-0.39, 0.29) is 32.6 Å². The lowest BCUT2D eigenvalue weighted by Crippen LogP contribution is -2.29. The normalized spacial score (nSPS) is 14.2. The largest absolute Gasteiger partial charge is 0.472 e. The van der Waals surface area contributed by atoms with Crippen LogP contribution in [0.4, 0.5) is 0 Å². The molecule has 0 saturated carbocycles. The Balaban J connectivity index is 4.36. The number of allylic oxidation sites excluding steroid dienone is 12. The van der Waals surface area contributed by atoms with Gasteiger partial charge in [0.2, 0.25) is 0 Å². The van der Waals surface area contributed by atoms with E-state index in [0.29, 0.717) is 6.42 Å². The molecule has 2 atom stereocenters. The highest BCUT2D eigenvalue weighted by Gasteiger charge is 2.25. The molecule has 0 rings (SSSR count). The van der Waals surface area contributed by atoms with Crippen LogP contribution >= 0.6 is 7.82 Å². The van der Waals surface area contributed by atoms with Crippen LogP contribution < -0.4 is 5.73 Å². The van der Waals surface area contributed by atoms with Crippen LogP contribution in [0, 0.1) is 0 Å². The predicted octanol–water partition coefficient (Wildman–Crippen LogP) is 10.7. The van der Waals surface area contributed by atoms with Crippen molar-refractivity contribution < 1.29 is 37.6 Å². The van der Waals surface area contributed by atoms with Gasteiger partial charge in [0.15, 0.2) is 6.10 Å². The van der Waals surface area contributed by atoms with Crippen molar-refractivity contribution in [2.75, 3.05) is 26.4 Å². The average Bonchev–Trinajstić information content (AvgIpc) is 3.11. The summed E-state index contributed by atoms with van der Waals surface area (Å²) in [5, 5.41) is 0. The third-order valence-corrected chi connectivity index (χ3v) is 8.60. The number of rotatable bonds is 35. The zero-order valence-corrected chi connectivity index (χ0v) is 32.7. The topological polar surface area (TPSA) is 134 Å². The number of hydrogen-bond acceptors (Lipinski definition) is 8. The van der Waals surface area contributed by atoms with Crippen molar-refractivity contribution in [3.8, 4) is 0 Å². The lowest BCUT2D eigenvalue weighted by molar-refractivity contribution is -0.161. The fourth-order valence-electron chi connectivity index (χ4n) is 4.78. The molecule has 0 radical (unpaired) electrons. The quantitative estimate of drug-likeness (QED) is 0.0282. The minimum absolute atomic E-state index is 0.0393. The lowest BCUT2D eigenvalue weighted by Gasteiger charge is -2.19.